The van der Waals surface area contributed by atoms with Crippen molar-refractivity contribution >= 4 is 6.29 Å². The molecule has 0 radical (unpaired) electrons. The summed E-state index contributed by atoms with van der Waals surface area (Å²) in [6.07, 6.45) is 5.04. The molecule has 0 fully saturated rings. The zero-order chi connectivity index (χ0) is 9.90. The van der Waals surface area contributed by atoms with Gasteiger partial charge < -0.3 is 4.79 Å². The summed E-state index contributed by atoms with van der Waals surface area (Å²) in [7, 11) is 0. The number of hydrogen-bond acceptors (Lipinski definition) is 3. The van der Waals surface area contributed by atoms with Gasteiger partial charge in [0.1, 0.15) is 6.29 Å². The van der Waals surface area contributed by atoms with Gasteiger partial charge in [-0.3, -0.25) is 9.97 Å². The van der Waals surface area contributed by atoms with Gasteiger partial charge in [0.15, 0.2) is 0 Å². The summed E-state index contributed by atoms with van der Waals surface area (Å²) >= 11 is 0. The number of rotatable bonds is 3. The van der Waals surface area contributed by atoms with E-state index in [0.717, 1.165) is 17.7 Å². The minimum Gasteiger partial charge on any atom is -0.303 e. The first-order valence-corrected chi connectivity index (χ1v) is 4.27. The molecular formula is C10H14N2O. The van der Waals surface area contributed by atoms with Crippen LogP contribution in [0.25, 0.3) is 0 Å². The van der Waals surface area contributed by atoms with Crippen LogP contribution in [-0.2, 0) is 11.2 Å². The minimum absolute atomic E-state index is 0.343. The van der Waals surface area contributed by atoms with E-state index >= 15 is 0 Å². The number of aryl methyl sites for hydroxylation is 1. The van der Waals surface area contributed by atoms with Crippen molar-refractivity contribution in [1.82, 2.24) is 9.97 Å². The molecule has 0 amide bonds. The lowest BCUT2D eigenvalue weighted by Gasteiger charge is -2.15. The standard InChI is InChI=1S/C10H14N2O/c1-8-5-12-9(6-11-8)4-10(2,3)7-13/h5-7H,4H2,1-3H3. The van der Waals surface area contributed by atoms with Crippen LogP contribution in [0.4, 0.5) is 0 Å². The third kappa shape index (κ3) is 2.93. The lowest BCUT2D eigenvalue weighted by Crippen LogP contribution is -2.17. The molecule has 0 aliphatic carbocycles. The fourth-order valence-electron chi connectivity index (χ4n) is 1.02. The summed E-state index contributed by atoms with van der Waals surface area (Å²) in [5, 5.41) is 0. The normalized spacial score (nSPS) is 11.3. The molecule has 1 aromatic rings. The van der Waals surface area contributed by atoms with Gasteiger partial charge in [-0.25, -0.2) is 0 Å². The molecule has 70 valence electrons. The van der Waals surface area contributed by atoms with Gasteiger partial charge in [-0.1, -0.05) is 13.8 Å². The topological polar surface area (TPSA) is 42.9 Å². The Morgan fingerprint density at radius 2 is 2.08 bits per heavy atom. The van der Waals surface area contributed by atoms with Gasteiger partial charge in [0.2, 0.25) is 0 Å². The van der Waals surface area contributed by atoms with Gasteiger partial charge in [0.05, 0.1) is 11.4 Å². The molecule has 0 saturated heterocycles. The SMILES string of the molecule is Cc1cnc(CC(C)(C)C=O)cn1. The van der Waals surface area contributed by atoms with E-state index in [1.54, 1.807) is 12.4 Å². The van der Waals surface area contributed by atoms with Crippen molar-refractivity contribution in [1.29, 1.82) is 0 Å². The van der Waals surface area contributed by atoms with E-state index in [1.807, 2.05) is 20.8 Å². The van der Waals surface area contributed by atoms with Gasteiger partial charge in [-0.15, -0.1) is 0 Å². The van der Waals surface area contributed by atoms with Crippen LogP contribution in [-0.4, -0.2) is 16.3 Å². The van der Waals surface area contributed by atoms with Crippen LogP contribution in [0.1, 0.15) is 25.2 Å². The third-order valence-electron chi connectivity index (χ3n) is 1.79. The van der Waals surface area contributed by atoms with Crippen molar-refractivity contribution in [2.24, 2.45) is 5.41 Å². The number of carbonyl (C=O) groups excluding carboxylic acids is 1. The monoisotopic (exact) mass is 178 g/mol. The summed E-state index contributed by atoms with van der Waals surface area (Å²) in [5.41, 5.74) is 1.42. The van der Waals surface area contributed by atoms with Crippen LogP contribution in [0.2, 0.25) is 0 Å². The third-order valence-corrected chi connectivity index (χ3v) is 1.79. The second-order valence-corrected chi connectivity index (χ2v) is 3.93. The highest BCUT2D eigenvalue weighted by Gasteiger charge is 2.17. The van der Waals surface area contributed by atoms with Crippen LogP contribution in [0.5, 0.6) is 0 Å². The maximum atomic E-state index is 10.6. The lowest BCUT2D eigenvalue weighted by molar-refractivity contribution is -0.114. The van der Waals surface area contributed by atoms with Gasteiger partial charge >= 0.3 is 0 Å². The second-order valence-electron chi connectivity index (χ2n) is 3.93. The minimum atomic E-state index is -0.343. The Morgan fingerprint density at radius 1 is 1.38 bits per heavy atom. The number of nitrogens with zero attached hydrogens (tertiary/aromatic N) is 2. The molecule has 0 bridgehead atoms. The first-order chi connectivity index (χ1) is 6.03. The molecule has 3 nitrogen and oxygen atoms in total. The molecule has 0 N–H and O–H groups in total. The van der Waals surface area contributed by atoms with Crippen molar-refractivity contribution in [2.75, 3.05) is 0 Å². The molecule has 0 spiro atoms. The molecule has 0 saturated carbocycles. The van der Waals surface area contributed by atoms with Crippen molar-refractivity contribution in [3.63, 3.8) is 0 Å². The second kappa shape index (κ2) is 3.64. The average Bonchev–Trinajstić information content (AvgIpc) is 2.09. The smallest absolute Gasteiger partial charge is 0.125 e. The van der Waals surface area contributed by atoms with E-state index in [9.17, 15) is 4.79 Å². The fourth-order valence-corrected chi connectivity index (χ4v) is 1.02. The Kier molecular flexibility index (Phi) is 2.76. The van der Waals surface area contributed by atoms with Crippen LogP contribution >= 0.6 is 0 Å². The molecule has 1 heterocycles. The Morgan fingerprint density at radius 3 is 2.54 bits per heavy atom. The zero-order valence-corrected chi connectivity index (χ0v) is 8.24. The van der Waals surface area contributed by atoms with E-state index in [1.165, 1.54) is 0 Å². The van der Waals surface area contributed by atoms with Gasteiger partial charge in [-0.05, 0) is 6.92 Å². The average molecular weight is 178 g/mol. The van der Waals surface area contributed by atoms with Crippen molar-refractivity contribution in [2.45, 2.75) is 27.2 Å². The quantitative estimate of drug-likeness (QED) is 0.659. The van der Waals surface area contributed by atoms with E-state index in [-0.39, 0.29) is 5.41 Å². The van der Waals surface area contributed by atoms with Crippen LogP contribution in [0, 0.1) is 12.3 Å². The number of aldehydes is 1. The molecule has 13 heavy (non-hydrogen) atoms. The first kappa shape index (κ1) is 9.84. The number of carbonyl (C=O) groups is 1. The molecular weight excluding hydrogens is 164 g/mol. The van der Waals surface area contributed by atoms with Crippen molar-refractivity contribution in [3.05, 3.63) is 23.8 Å². The number of hydrogen-bond donors (Lipinski definition) is 0. The highest BCUT2D eigenvalue weighted by Crippen LogP contribution is 2.16. The van der Waals surface area contributed by atoms with Crippen molar-refractivity contribution in [3.8, 4) is 0 Å². The van der Waals surface area contributed by atoms with E-state index in [0.29, 0.717) is 6.42 Å². The van der Waals surface area contributed by atoms with Crippen LogP contribution in [0.3, 0.4) is 0 Å². The molecule has 1 rings (SSSR count). The maximum absolute atomic E-state index is 10.6. The van der Waals surface area contributed by atoms with Gasteiger partial charge in [-0.2, -0.15) is 0 Å². The molecule has 1 aromatic heterocycles. The molecule has 0 unspecified atom stereocenters. The fraction of sp³-hybridized carbons (Fsp3) is 0.500. The number of aromatic nitrogens is 2. The summed E-state index contributed by atoms with van der Waals surface area (Å²) < 4.78 is 0. The highest BCUT2D eigenvalue weighted by atomic mass is 16.1. The molecule has 3 heteroatoms. The Labute approximate surface area is 78.2 Å². The van der Waals surface area contributed by atoms with E-state index in [2.05, 4.69) is 9.97 Å². The Bertz CT molecular complexity index is 290. The van der Waals surface area contributed by atoms with Crippen molar-refractivity contribution < 1.29 is 4.79 Å². The Balaban J connectivity index is 2.75. The largest absolute Gasteiger partial charge is 0.303 e. The first-order valence-electron chi connectivity index (χ1n) is 4.27. The van der Waals surface area contributed by atoms with E-state index < -0.39 is 0 Å². The predicted octanol–water partition coefficient (Wildman–Crippen LogP) is 1.55. The maximum Gasteiger partial charge on any atom is 0.125 e. The highest BCUT2D eigenvalue weighted by molar-refractivity contribution is 5.58. The summed E-state index contributed by atoms with van der Waals surface area (Å²) in [4.78, 5) is 19.0. The molecule has 0 aliphatic heterocycles. The summed E-state index contributed by atoms with van der Waals surface area (Å²) in [5.74, 6) is 0. The molecule has 0 aliphatic rings. The van der Waals surface area contributed by atoms with Gasteiger partial charge in [0.25, 0.3) is 0 Å². The van der Waals surface area contributed by atoms with Crippen LogP contribution < -0.4 is 0 Å². The van der Waals surface area contributed by atoms with E-state index in [4.69, 9.17) is 0 Å². The molecule has 0 aromatic carbocycles. The zero-order valence-electron chi connectivity index (χ0n) is 8.24. The van der Waals surface area contributed by atoms with Gasteiger partial charge in [0, 0.05) is 24.2 Å². The van der Waals surface area contributed by atoms with Crippen LogP contribution in [0.15, 0.2) is 12.4 Å². The summed E-state index contributed by atoms with van der Waals surface area (Å²) in [6, 6.07) is 0. The lowest BCUT2D eigenvalue weighted by atomic mass is 9.90. The summed E-state index contributed by atoms with van der Waals surface area (Å²) in [6.45, 7) is 5.67. The predicted molar refractivity (Wildman–Crippen MR) is 50.3 cm³/mol. The Hall–Kier alpha value is -1.25. The molecule has 0 atom stereocenters.